The van der Waals surface area contributed by atoms with Gasteiger partial charge in [-0.05, 0) is 30.3 Å². The number of fused-ring (bicyclic) bond motifs is 2. The summed E-state index contributed by atoms with van der Waals surface area (Å²) in [6.45, 7) is 0. The second-order valence-electron chi connectivity index (χ2n) is 4.23. The van der Waals surface area contributed by atoms with Gasteiger partial charge in [0, 0.05) is 20.7 Å². The highest BCUT2D eigenvalue weighted by Crippen LogP contribution is 2.47. The van der Waals surface area contributed by atoms with Crippen LogP contribution in [0.3, 0.4) is 0 Å². The maximum absolute atomic E-state index is 9.62. The highest BCUT2D eigenvalue weighted by molar-refractivity contribution is 7.99. The molecule has 0 amide bonds. The normalized spacial score (nSPS) is 12.7. The van der Waals surface area contributed by atoms with Gasteiger partial charge in [0.05, 0.1) is 5.52 Å². The lowest BCUT2D eigenvalue weighted by molar-refractivity contribution is 0.475. The van der Waals surface area contributed by atoms with Gasteiger partial charge in [-0.3, -0.25) is 0 Å². The van der Waals surface area contributed by atoms with E-state index in [0.717, 1.165) is 32.0 Å². The van der Waals surface area contributed by atoms with Crippen LogP contribution in [0.25, 0.3) is 22.2 Å². The van der Waals surface area contributed by atoms with Gasteiger partial charge < -0.3 is 10.9 Å². The van der Waals surface area contributed by atoms with Gasteiger partial charge in [-0.15, -0.1) is 0 Å². The molecule has 0 saturated carbocycles. The monoisotopic (exact) mass is 255 g/mol. The van der Waals surface area contributed by atoms with Gasteiger partial charge in [0.1, 0.15) is 11.4 Å². The second kappa shape index (κ2) is 3.20. The van der Waals surface area contributed by atoms with E-state index in [4.69, 9.17) is 5.84 Å². The quantitative estimate of drug-likeness (QED) is 0.474. The average molecular weight is 255 g/mol. The molecule has 0 fully saturated rings. The summed E-state index contributed by atoms with van der Waals surface area (Å²) in [6.07, 6.45) is 0. The molecule has 0 saturated heterocycles. The van der Waals surface area contributed by atoms with E-state index in [1.165, 1.54) is 4.79 Å². The summed E-state index contributed by atoms with van der Waals surface area (Å²) in [5.74, 6) is 6.12. The van der Waals surface area contributed by atoms with Crippen LogP contribution >= 0.6 is 11.8 Å². The van der Waals surface area contributed by atoms with Crippen LogP contribution in [-0.4, -0.2) is 15.0 Å². The topological polar surface area (TPSA) is 64.1 Å². The van der Waals surface area contributed by atoms with Crippen molar-refractivity contribution in [3.8, 4) is 17.0 Å². The molecule has 88 valence electrons. The van der Waals surface area contributed by atoms with Crippen molar-refractivity contribution in [2.75, 3.05) is 5.84 Å². The molecule has 0 bridgehead atoms. The van der Waals surface area contributed by atoms with Crippen molar-refractivity contribution < 1.29 is 5.11 Å². The Labute approximate surface area is 107 Å². The van der Waals surface area contributed by atoms with Crippen LogP contribution < -0.4 is 5.84 Å². The van der Waals surface area contributed by atoms with E-state index >= 15 is 0 Å². The Kier molecular flexibility index (Phi) is 1.75. The van der Waals surface area contributed by atoms with Crippen molar-refractivity contribution in [1.82, 2.24) is 9.89 Å². The van der Waals surface area contributed by atoms with Gasteiger partial charge in [-0.25, -0.2) is 0 Å². The molecule has 1 aromatic heterocycles. The Bertz CT molecular complexity index is 794. The maximum atomic E-state index is 9.62. The fourth-order valence-electron chi connectivity index (χ4n) is 2.34. The van der Waals surface area contributed by atoms with E-state index in [-0.39, 0.29) is 5.75 Å². The van der Waals surface area contributed by atoms with Gasteiger partial charge in [0.15, 0.2) is 0 Å². The molecule has 18 heavy (non-hydrogen) atoms. The number of phenols is 1. The Morgan fingerprint density at radius 1 is 1.17 bits per heavy atom. The first-order valence-corrected chi connectivity index (χ1v) is 6.34. The molecule has 1 aliphatic heterocycles. The van der Waals surface area contributed by atoms with Crippen LogP contribution in [0.2, 0.25) is 0 Å². The molecule has 3 aromatic rings. The Morgan fingerprint density at radius 2 is 2.06 bits per heavy atom. The maximum Gasteiger partial charge on any atom is 0.116 e. The van der Waals surface area contributed by atoms with Crippen LogP contribution in [0.15, 0.2) is 46.2 Å². The predicted molar refractivity (Wildman–Crippen MR) is 71.1 cm³/mol. The number of nitrogens with zero attached hydrogens (tertiary/aromatic N) is 2. The smallest absolute Gasteiger partial charge is 0.116 e. The number of rotatable bonds is 0. The van der Waals surface area contributed by atoms with Crippen molar-refractivity contribution in [1.29, 1.82) is 0 Å². The van der Waals surface area contributed by atoms with Crippen molar-refractivity contribution in [2.45, 2.75) is 9.79 Å². The number of aromatic hydroxyl groups is 1. The SMILES string of the molecule is Nn1nc2c3c(cccc31)Sc1ccc(O)cc1-2. The molecule has 2 heterocycles. The minimum atomic E-state index is 0.244. The van der Waals surface area contributed by atoms with Crippen LogP contribution in [0.5, 0.6) is 5.75 Å². The number of phenolic OH excluding ortho intramolecular Hbond substituents is 1. The van der Waals surface area contributed by atoms with Crippen LogP contribution in [0.4, 0.5) is 0 Å². The Morgan fingerprint density at radius 3 is 2.94 bits per heavy atom. The average Bonchev–Trinajstić information content (AvgIpc) is 2.71. The highest BCUT2D eigenvalue weighted by Gasteiger charge is 2.23. The van der Waals surface area contributed by atoms with E-state index in [2.05, 4.69) is 11.2 Å². The van der Waals surface area contributed by atoms with E-state index in [1.54, 1.807) is 23.9 Å². The number of benzene rings is 2. The zero-order chi connectivity index (χ0) is 12.3. The lowest BCUT2D eigenvalue weighted by atomic mass is 10.1. The summed E-state index contributed by atoms with van der Waals surface area (Å²) < 4.78 is 0. The first-order valence-electron chi connectivity index (χ1n) is 5.52. The van der Waals surface area contributed by atoms with E-state index in [1.807, 2.05) is 18.2 Å². The molecular formula is C13H9N3OS. The Balaban J connectivity index is 2.18. The van der Waals surface area contributed by atoms with Crippen LogP contribution in [0, 0.1) is 0 Å². The van der Waals surface area contributed by atoms with Gasteiger partial charge in [-0.2, -0.15) is 9.89 Å². The summed E-state index contributed by atoms with van der Waals surface area (Å²) >= 11 is 1.68. The number of nitrogen functional groups attached to an aromatic ring is 1. The molecule has 0 aliphatic carbocycles. The molecule has 0 atom stereocenters. The second-order valence-corrected chi connectivity index (χ2v) is 5.31. The van der Waals surface area contributed by atoms with E-state index in [9.17, 15) is 5.11 Å². The van der Waals surface area contributed by atoms with Gasteiger partial charge in [0.25, 0.3) is 0 Å². The summed E-state index contributed by atoms with van der Waals surface area (Å²) in [4.78, 5) is 3.64. The van der Waals surface area contributed by atoms with Crippen molar-refractivity contribution >= 4 is 22.7 Å². The molecule has 1 aliphatic rings. The van der Waals surface area contributed by atoms with Gasteiger partial charge in [0.2, 0.25) is 0 Å². The molecule has 4 nitrogen and oxygen atoms in total. The van der Waals surface area contributed by atoms with Crippen molar-refractivity contribution in [2.24, 2.45) is 0 Å². The van der Waals surface area contributed by atoms with E-state index in [0.29, 0.717) is 0 Å². The molecule has 0 radical (unpaired) electrons. The van der Waals surface area contributed by atoms with Crippen molar-refractivity contribution in [3.63, 3.8) is 0 Å². The largest absolute Gasteiger partial charge is 0.508 e. The summed E-state index contributed by atoms with van der Waals surface area (Å²) in [5.41, 5.74) is 2.68. The standard InChI is InChI=1S/C13H9N3OS/c14-16-9-2-1-3-11-12(9)13(15-16)8-6-7(17)4-5-10(8)18-11/h1-6,17H,14H2. The first kappa shape index (κ1) is 9.85. The third kappa shape index (κ3) is 1.14. The van der Waals surface area contributed by atoms with Gasteiger partial charge >= 0.3 is 0 Å². The van der Waals surface area contributed by atoms with Crippen molar-refractivity contribution in [3.05, 3.63) is 36.4 Å². The Hall–Kier alpha value is -2.14. The molecule has 4 rings (SSSR count). The highest BCUT2D eigenvalue weighted by atomic mass is 32.2. The molecule has 3 N–H and O–H groups in total. The number of aromatic nitrogens is 2. The summed E-state index contributed by atoms with van der Waals surface area (Å²) in [5, 5.41) is 15.1. The van der Waals surface area contributed by atoms with E-state index < -0.39 is 0 Å². The van der Waals surface area contributed by atoms with Crippen LogP contribution in [0.1, 0.15) is 0 Å². The third-order valence-electron chi connectivity index (χ3n) is 3.13. The fraction of sp³-hybridized carbons (Fsp3) is 0. The first-order chi connectivity index (χ1) is 8.74. The molecular weight excluding hydrogens is 246 g/mol. The number of hydrogen-bond donors (Lipinski definition) is 2. The van der Waals surface area contributed by atoms with Crippen LogP contribution in [-0.2, 0) is 0 Å². The third-order valence-corrected chi connectivity index (χ3v) is 4.27. The van der Waals surface area contributed by atoms with Gasteiger partial charge in [-0.1, -0.05) is 17.8 Å². The molecule has 2 aromatic carbocycles. The zero-order valence-electron chi connectivity index (χ0n) is 9.29. The number of hydrogen-bond acceptors (Lipinski definition) is 4. The lowest BCUT2D eigenvalue weighted by Crippen LogP contribution is -2.09. The number of nitrogens with two attached hydrogens (primary N) is 1. The minimum absolute atomic E-state index is 0.244. The lowest BCUT2D eigenvalue weighted by Gasteiger charge is -2.14. The minimum Gasteiger partial charge on any atom is -0.508 e. The molecule has 5 heteroatoms. The molecule has 0 spiro atoms. The zero-order valence-corrected chi connectivity index (χ0v) is 10.1. The summed E-state index contributed by atoms with van der Waals surface area (Å²) in [7, 11) is 0. The summed E-state index contributed by atoms with van der Waals surface area (Å²) in [6, 6.07) is 11.3. The molecule has 0 unspecified atom stereocenters. The predicted octanol–water partition coefficient (Wildman–Crippen LogP) is 2.59. The fourth-order valence-corrected chi connectivity index (χ4v) is 3.43.